The molecule has 10 nitrogen and oxygen atoms in total. The predicted octanol–water partition coefficient (Wildman–Crippen LogP) is 1.45. The molecule has 0 unspecified atom stereocenters. The molecular weight excluding hydrogens is 444 g/mol. The van der Waals surface area contributed by atoms with Crippen LogP contribution in [0.5, 0.6) is 5.75 Å². The van der Waals surface area contributed by atoms with Gasteiger partial charge in [0.15, 0.2) is 12.4 Å². The number of halogens is 1. The second kappa shape index (κ2) is 8.69. The van der Waals surface area contributed by atoms with Gasteiger partial charge in [-0.15, -0.1) is 0 Å². The Morgan fingerprint density at radius 3 is 2.58 bits per heavy atom. The van der Waals surface area contributed by atoms with Gasteiger partial charge in [0.25, 0.3) is 5.91 Å². The Morgan fingerprint density at radius 2 is 1.90 bits per heavy atom. The molecule has 0 aliphatic carbocycles. The fourth-order valence-corrected chi connectivity index (χ4v) is 4.82. The van der Waals surface area contributed by atoms with Crippen molar-refractivity contribution < 1.29 is 17.9 Å². The van der Waals surface area contributed by atoms with Crippen LogP contribution in [0.25, 0.3) is 0 Å². The monoisotopic (exact) mass is 464 g/mol. The van der Waals surface area contributed by atoms with Crippen LogP contribution in [0.2, 0.25) is 5.02 Å². The van der Waals surface area contributed by atoms with E-state index in [9.17, 15) is 13.2 Å². The fraction of sp³-hybridized carbons (Fsp3) is 0.316. The Kier molecular flexibility index (Phi) is 5.99. The van der Waals surface area contributed by atoms with Gasteiger partial charge in [-0.1, -0.05) is 23.7 Å². The van der Waals surface area contributed by atoms with Gasteiger partial charge in [0, 0.05) is 45.6 Å². The number of aromatic nitrogens is 4. The third-order valence-corrected chi connectivity index (χ3v) is 7.06. The lowest BCUT2D eigenvalue weighted by Crippen LogP contribution is -2.50. The van der Waals surface area contributed by atoms with Crippen LogP contribution in [0.15, 0.2) is 53.8 Å². The van der Waals surface area contributed by atoms with Gasteiger partial charge in [-0.3, -0.25) is 9.48 Å². The minimum Gasteiger partial charge on any atom is -0.470 e. The van der Waals surface area contributed by atoms with Gasteiger partial charge >= 0.3 is 0 Å². The molecule has 0 radical (unpaired) electrons. The summed E-state index contributed by atoms with van der Waals surface area (Å²) in [5.74, 6) is 0.272. The van der Waals surface area contributed by atoms with Gasteiger partial charge in [-0.2, -0.15) is 14.5 Å². The minimum atomic E-state index is -3.62. The number of hydrogen-bond acceptors (Lipinski definition) is 6. The Balaban J connectivity index is 1.34. The maximum absolute atomic E-state index is 12.8. The lowest BCUT2D eigenvalue weighted by Gasteiger charge is -2.33. The fourth-order valence-electron chi connectivity index (χ4n) is 3.22. The van der Waals surface area contributed by atoms with Gasteiger partial charge in [0.05, 0.1) is 11.2 Å². The molecule has 12 heteroatoms. The summed E-state index contributed by atoms with van der Waals surface area (Å²) in [5.41, 5.74) is 0.270. The van der Waals surface area contributed by atoms with Crippen molar-refractivity contribution in [3.63, 3.8) is 0 Å². The molecule has 0 saturated carbocycles. The van der Waals surface area contributed by atoms with Crippen molar-refractivity contribution in [2.45, 2.75) is 11.6 Å². The van der Waals surface area contributed by atoms with Crippen LogP contribution < -0.4 is 4.74 Å². The maximum Gasteiger partial charge on any atom is 0.274 e. The second-order valence-corrected chi connectivity index (χ2v) is 9.34. The van der Waals surface area contributed by atoms with Gasteiger partial charge in [0.2, 0.25) is 10.0 Å². The predicted molar refractivity (Wildman–Crippen MR) is 112 cm³/mol. The highest BCUT2D eigenvalue weighted by Crippen LogP contribution is 2.23. The van der Waals surface area contributed by atoms with Crippen LogP contribution in [-0.4, -0.2) is 69.3 Å². The number of ether oxygens (including phenoxy) is 1. The molecule has 2 aromatic heterocycles. The summed E-state index contributed by atoms with van der Waals surface area (Å²) in [5, 5.41) is 8.67. The Hall–Kier alpha value is -2.89. The number of hydrogen-bond donors (Lipinski definition) is 0. The van der Waals surface area contributed by atoms with E-state index in [0.717, 1.165) is 0 Å². The molecule has 1 aliphatic heterocycles. The van der Waals surface area contributed by atoms with Crippen LogP contribution >= 0.6 is 11.6 Å². The molecule has 31 heavy (non-hydrogen) atoms. The quantitative estimate of drug-likeness (QED) is 0.547. The molecule has 0 bridgehead atoms. The molecule has 1 aliphatic rings. The molecule has 3 aromatic rings. The number of carbonyl (C=O) groups excluding carboxylic acids is 1. The number of amides is 1. The largest absolute Gasteiger partial charge is 0.470 e. The van der Waals surface area contributed by atoms with E-state index in [1.807, 2.05) is 12.1 Å². The molecule has 0 atom stereocenters. The standard InChI is InChI=1S/C19H21ClN6O4S/c1-23-13-15(12-21-23)31(28,29)26-10-8-24(9-11-26)19(27)17-6-7-25(22-17)14-30-18-5-3-2-4-16(18)20/h2-7,12-13H,8-11,14H2,1H3. The molecule has 4 rings (SSSR count). The second-order valence-electron chi connectivity index (χ2n) is 6.99. The van der Waals surface area contributed by atoms with E-state index >= 15 is 0 Å². The minimum absolute atomic E-state index is 0.105. The number of carbonyl (C=O) groups is 1. The summed E-state index contributed by atoms with van der Waals surface area (Å²) < 4.78 is 35.3. The van der Waals surface area contributed by atoms with Gasteiger partial charge in [0.1, 0.15) is 10.6 Å². The van der Waals surface area contributed by atoms with Crippen LogP contribution in [0.3, 0.4) is 0 Å². The van der Waals surface area contributed by atoms with E-state index in [2.05, 4.69) is 10.2 Å². The first-order chi connectivity index (χ1) is 14.8. The number of piperazine rings is 1. The smallest absolute Gasteiger partial charge is 0.274 e. The average molecular weight is 465 g/mol. The highest BCUT2D eigenvalue weighted by Gasteiger charge is 2.31. The highest BCUT2D eigenvalue weighted by molar-refractivity contribution is 7.89. The zero-order chi connectivity index (χ0) is 22.0. The van der Waals surface area contributed by atoms with Crippen LogP contribution in [0.1, 0.15) is 10.5 Å². The molecular formula is C19H21ClN6O4S. The lowest BCUT2D eigenvalue weighted by molar-refractivity contribution is 0.0690. The zero-order valence-corrected chi connectivity index (χ0v) is 18.3. The van der Waals surface area contributed by atoms with Gasteiger partial charge in [-0.25, -0.2) is 13.1 Å². The van der Waals surface area contributed by atoms with E-state index in [4.69, 9.17) is 16.3 Å². The normalized spacial score (nSPS) is 15.2. The first-order valence-corrected chi connectivity index (χ1v) is 11.4. The molecule has 1 amide bonds. The van der Waals surface area contributed by atoms with E-state index in [1.54, 1.807) is 36.3 Å². The van der Waals surface area contributed by atoms with E-state index in [0.29, 0.717) is 10.8 Å². The first-order valence-electron chi connectivity index (χ1n) is 9.53. The van der Waals surface area contributed by atoms with E-state index < -0.39 is 10.0 Å². The van der Waals surface area contributed by atoms with Crippen molar-refractivity contribution in [1.82, 2.24) is 28.8 Å². The Morgan fingerprint density at radius 1 is 1.16 bits per heavy atom. The van der Waals surface area contributed by atoms with Crippen molar-refractivity contribution in [3.05, 3.63) is 59.6 Å². The topological polar surface area (TPSA) is 103 Å². The van der Waals surface area contributed by atoms with Gasteiger partial charge < -0.3 is 9.64 Å². The molecule has 0 spiro atoms. The van der Waals surface area contributed by atoms with Crippen LogP contribution in [0.4, 0.5) is 0 Å². The van der Waals surface area contributed by atoms with Crippen molar-refractivity contribution in [3.8, 4) is 5.75 Å². The summed E-state index contributed by atoms with van der Waals surface area (Å²) in [4.78, 5) is 14.5. The third kappa shape index (κ3) is 4.58. The maximum atomic E-state index is 12.8. The summed E-state index contributed by atoms with van der Waals surface area (Å²) in [7, 11) is -1.96. The molecule has 3 heterocycles. The SMILES string of the molecule is Cn1cc(S(=O)(=O)N2CCN(C(=O)c3ccn(COc4ccccc4Cl)n3)CC2)cn1. The van der Waals surface area contributed by atoms with Crippen LogP contribution in [-0.2, 0) is 23.8 Å². The molecule has 164 valence electrons. The highest BCUT2D eigenvalue weighted by atomic mass is 35.5. The summed E-state index contributed by atoms with van der Waals surface area (Å²) in [6.45, 7) is 1.08. The first kappa shape index (κ1) is 21.3. The Labute approximate surface area is 184 Å². The molecule has 1 fully saturated rings. The van der Waals surface area contributed by atoms with Crippen molar-refractivity contribution >= 4 is 27.5 Å². The van der Waals surface area contributed by atoms with Crippen molar-refractivity contribution in [1.29, 1.82) is 0 Å². The molecule has 1 aromatic carbocycles. The lowest BCUT2D eigenvalue weighted by atomic mass is 10.3. The summed E-state index contributed by atoms with van der Waals surface area (Å²) in [6.07, 6.45) is 4.43. The number of aryl methyl sites for hydroxylation is 1. The number of benzene rings is 1. The summed E-state index contributed by atoms with van der Waals surface area (Å²) >= 11 is 6.06. The average Bonchev–Trinajstić information content (AvgIpc) is 3.42. The van der Waals surface area contributed by atoms with Crippen LogP contribution in [0, 0.1) is 0 Å². The number of sulfonamides is 1. The number of rotatable bonds is 6. The Bertz CT molecular complexity index is 1180. The number of nitrogens with zero attached hydrogens (tertiary/aromatic N) is 6. The zero-order valence-electron chi connectivity index (χ0n) is 16.8. The summed E-state index contributed by atoms with van der Waals surface area (Å²) in [6, 6.07) is 8.70. The van der Waals surface area contributed by atoms with Crippen molar-refractivity contribution in [2.75, 3.05) is 26.2 Å². The van der Waals surface area contributed by atoms with E-state index in [1.165, 1.54) is 26.1 Å². The van der Waals surface area contributed by atoms with E-state index in [-0.39, 0.29) is 49.4 Å². The van der Waals surface area contributed by atoms with Gasteiger partial charge in [-0.05, 0) is 18.2 Å². The molecule has 1 saturated heterocycles. The molecule has 0 N–H and O–H groups in total. The third-order valence-electron chi connectivity index (χ3n) is 4.89. The van der Waals surface area contributed by atoms with Crippen molar-refractivity contribution in [2.24, 2.45) is 7.05 Å². The number of para-hydroxylation sites is 1.